The van der Waals surface area contributed by atoms with Gasteiger partial charge in [0.15, 0.2) is 0 Å². The molecular weight excluding hydrogens is 234 g/mol. The van der Waals surface area contributed by atoms with Crippen molar-refractivity contribution >= 4 is 0 Å². The third-order valence-corrected chi connectivity index (χ3v) is 4.70. The van der Waals surface area contributed by atoms with Gasteiger partial charge in [-0.2, -0.15) is 0 Å². The molecule has 0 radical (unpaired) electrons. The molecule has 1 heterocycles. The van der Waals surface area contributed by atoms with Gasteiger partial charge in [0.05, 0.1) is 0 Å². The fourth-order valence-corrected chi connectivity index (χ4v) is 3.35. The van der Waals surface area contributed by atoms with Crippen molar-refractivity contribution in [1.29, 1.82) is 0 Å². The fraction of sp³-hybridized carbons (Fsp3) is 1.00. The van der Waals surface area contributed by atoms with Crippen molar-refractivity contribution in [1.82, 2.24) is 15.1 Å². The Morgan fingerprint density at radius 1 is 0.895 bits per heavy atom. The third-order valence-electron chi connectivity index (χ3n) is 4.70. The lowest BCUT2D eigenvalue weighted by molar-refractivity contribution is 0.0608. The van der Waals surface area contributed by atoms with E-state index in [2.05, 4.69) is 36.0 Å². The summed E-state index contributed by atoms with van der Waals surface area (Å²) in [6.45, 7) is 13.7. The van der Waals surface area contributed by atoms with E-state index in [0.717, 1.165) is 18.1 Å². The van der Waals surface area contributed by atoms with E-state index in [0.29, 0.717) is 0 Å². The number of hydrogen-bond donors (Lipinski definition) is 1. The van der Waals surface area contributed by atoms with Crippen LogP contribution in [0.2, 0.25) is 0 Å². The van der Waals surface area contributed by atoms with Gasteiger partial charge in [-0.1, -0.05) is 13.8 Å². The monoisotopic (exact) mass is 269 g/mol. The normalized spacial score (nSPS) is 30.0. The summed E-state index contributed by atoms with van der Waals surface area (Å²) in [6, 6.07) is 2.37. The molecule has 0 aromatic heterocycles. The number of nitrogens with zero attached hydrogens (tertiary/aromatic N) is 2. The van der Waals surface area contributed by atoms with Gasteiger partial charge in [0, 0.05) is 44.3 Å². The maximum Gasteiger partial charge on any atom is 0.0113 e. The first-order valence-corrected chi connectivity index (χ1v) is 8.36. The summed E-state index contributed by atoms with van der Waals surface area (Å²) in [6.07, 6.45) is 5.53. The topological polar surface area (TPSA) is 18.5 Å². The molecule has 1 saturated heterocycles. The average molecular weight is 269 g/mol. The van der Waals surface area contributed by atoms with E-state index >= 15 is 0 Å². The molecule has 19 heavy (non-hydrogen) atoms. The van der Waals surface area contributed by atoms with Crippen LogP contribution in [-0.2, 0) is 0 Å². The van der Waals surface area contributed by atoms with Crippen LogP contribution < -0.4 is 5.32 Å². The Morgan fingerprint density at radius 2 is 1.42 bits per heavy atom. The van der Waals surface area contributed by atoms with Gasteiger partial charge in [-0.3, -0.25) is 9.80 Å². The Labute approximate surface area is 120 Å². The van der Waals surface area contributed by atoms with Crippen LogP contribution in [0.25, 0.3) is 0 Å². The van der Waals surface area contributed by atoms with Gasteiger partial charge < -0.3 is 5.32 Å². The Bertz CT molecular complexity index is 214. The molecule has 0 aromatic rings. The zero-order valence-electron chi connectivity index (χ0n) is 13.8. The van der Waals surface area contributed by atoms with Crippen LogP contribution in [0.3, 0.4) is 0 Å². The molecule has 1 saturated carbocycles. The van der Waals surface area contributed by atoms with Crippen molar-refractivity contribution in [3.05, 3.63) is 0 Å². The van der Waals surface area contributed by atoms with Crippen LogP contribution in [0.1, 0.15) is 53.4 Å². The molecule has 1 aliphatic carbocycles. The predicted molar refractivity (Wildman–Crippen MR) is 84.7 cm³/mol. The van der Waals surface area contributed by atoms with Crippen LogP contribution in [0.15, 0.2) is 0 Å². The number of rotatable bonds is 3. The Hall–Kier alpha value is -0.120. The molecule has 0 aromatic carbocycles. The minimum absolute atomic E-state index is 0.720. The summed E-state index contributed by atoms with van der Waals surface area (Å²) in [5.41, 5.74) is 0. The summed E-state index contributed by atoms with van der Waals surface area (Å²) >= 11 is 0. The van der Waals surface area contributed by atoms with Crippen LogP contribution in [0, 0.1) is 0 Å². The zero-order chi connectivity index (χ0) is 14.3. The molecule has 3 nitrogen and oxygen atoms in total. The quantitative estimate of drug-likeness (QED) is 0.849. The fourth-order valence-electron chi connectivity index (χ4n) is 3.35. The van der Waals surface area contributed by atoms with E-state index in [1.54, 1.807) is 0 Å². The molecule has 0 amide bonds. The number of hydrogen-bond acceptors (Lipinski definition) is 3. The first-order chi connectivity index (χ1) is 9.20. The maximum atomic E-state index is 3.42. The summed E-state index contributed by atoms with van der Waals surface area (Å²) < 4.78 is 0. The van der Waals surface area contributed by atoms with Crippen molar-refractivity contribution in [2.45, 2.75) is 71.5 Å². The standard InChI is InChI=1S/C14H29N3.C2H6/c1-12(2)16-8-10-17(11-9-16)14-6-4-13(15-3)5-7-14;1-2/h12-15H,4-11H2,1-3H3;1-2H3. The van der Waals surface area contributed by atoms with Crippen molar-refractivity contribution in [3.8, 4) is 0 Å². The lowest BCUT2D eigenvalue weighted by atomic mass is 9.90. The van der Waals surface area contributed by atoms with E-state index in [-0.39, 0.29) is 0 Å². The summed E-state index contributed by atoms with van der Waals surface area (Å²) in [5, 5.41) is 3.42. The molecular formula is C16H35N3. The molecule has 1 N–H and O–H groups in total. The molecule has 3 heteroatoms. The van der Waals surface area contributed by atoms with Crippen molar-refractivity contribution in [2.75, 3.05) is 33.2 Å². The average Bonchev–Trinajstić information content (AvgIpc) is 2.49. The van der Waals surface area contributed by atoms with Crippen LogP contribution in [0.4, 0.5) is 0 Å². The highest BCUT2D eigenvalue weighted by molar-refractivity contribution is 4.85. The number of nitrogens with one attached hydrogen (secondary N) is 1. The highest BCUT2D eigenvalue weighted by Crippen LogP contribution is 2.24. The van der Waals surface area contributed by atoms with Crippen molar-refractivity contribution in [2.24, 2.45) is 0 Å². The minimum atomic E-state index is 0.720. The Balaban J connectivity index is 0.000000861. The summed E-state index contributed by atoms with van der Waals surface area (Å²) in [4.78, 5) is 5.35. The van der Waals surface area contributed by atoms with Crippen LogP contribution >= 0.6 is 0 Å². The molecule has 2 rings (SSSR count). The summed E-state index contributed by atoms with van der Waals surface area (Å²) in [5.74, 6) is 0. The van der Waals surface area contributed by atoms with Gasteiger partial charge in [0.2, 0.25) is 0 Å². The third kappa shape index (κ3) is 5.05. The lowest BCUT2D eigenvalue weighted by Gasteiger charge is -2.43. The second-order valence-corrected chi connectivity index (χ2v) is 5.96. The molecule has 0 atom stereocenters. The first-order valence-electron chi connectivity index (χ1n) is 8.36. The molecule has 0 bridgehead atoms. The maximum absolute atomic E-state index is 3.42. The second-order valence-electron chi connectivity index (χ2n) is 5.96. The smallest absolute Gasteiger partial charge is 0.0113 e. The van der Waals surface area contributed by atoms with Crippen LogP contribution in [-0.4, -0.2) is 61.2 Å². The highest BCUT2D eigenvalue weighted by atomic mass is 15.3. The lowest BCUT2D eigenvalue weighted by Crippen LogP contribution is -2.53. The molecule has 1 aliphatic heterocycles. The largest absolute Gasteiger partial charge is 0.317 e. The molecule has 114 valence electrons. The van der Waals surface area contributed by atoms with E-state index < -0.39 is 0 Å². The van der Waals surface area contributed by atoms with Gasteiger partial charge in [-0.25, -0.2) is 0 Å². The summed E-state index contributed by atoms with van der Waals surface area (Å²) in [7, 11) is 2.10. The van der Waals surface area contributed by atoms with Crippen molar-refractivity contribution in [3.63, 3.8) is 0 Å². The van der Waals surface area contributed by atoms with Crippen LogP contribution in [0.5, 0.6) is 0 Å². The number of piperazine rings is 1. The minimum Gasteiger partial charge on any atom is -0.317 e. The van der Waals surface area contributed by atoms with E-state index in [9.17, 15) is 0 Å². The van der Waals surface area contributed by atoms with E-state index in [1.807, 2.05) is 13.8 Å². The van der Waals surface area contributed by atoms with Gasteiger partial charge >= 0.3 is 0 Å². The van der Waals surface area contributed by atoms with Gasteiger partial charge in [0.1, 0.15) is 0 Å². The Kier molecular flexibility index (Phi) is 7.96. The van der Waals surface area contributed by atoms with Gasteiger partial charge in [0.25, 0.3) is 0 Å². The molecule has 0 unspecified atom stereocenters. The highest BCUT2D eigenvalue weighted by Gasteiger charge is 2.28. The first kappa shape index (κ1) is 16.9. The molecule has 2 fully saturated rings. The Morgan fingerprint density at radius 3 is 1.84 bits per heavy atom. The van der Waals surface area contributed by atoms with E-state index in [4.69, 9.17) is 0 Å². The molecule has 2 aliphatic rings. The van der Waals surface area contributed by atoms with Crippen molar-refractivity contribution < 1.29 is 0 Å². The molecule has 0 spiro atoms. The zero-order valence-corrected chi connectivity index (χ0v) is 13.8. The van der Waals surface area contributed by atoms with Gasteiger partial charge in [-0.15, -0.1) is 0 Å². The second kappa shape index (κ2) is 8.93. The SMILES string of the molecule is CC.CNC1CCC(N2CCN(C(C)C)CC2)CC1. The predicted octanol–water partition coefficient (Wildman–Crippen LogP) is 2.57. The van der Waals surface area contributed by atoms with Gasteiger partial charge in [-0.05, 0) is 46.6 Å². The van der Waals surface area contributed by atoms with E-state index in [1.165, 1.54) is 51.9 Å².